The van der Waals surface area contributed by atoms with Gasteiger partial charge in [0.05, 0.1) is 11.4 Å². The van der Waals surface area contributed by atoms with Crippen LogP contribution in [0.1, 0.15) is 24.5 Å². The summed E-state index contributed by atoms with van der Waals surface area (Å²) in [5, 5.41) is 8.09. The van der Waals surface area contributed by atoms with Crippen LogP contribution in [0, 0.1) is 5.82 Å². The van der Waals surface area contributed by atoms with E-state index in [1.54, 1.807) is 30.6 Å². The number of hydrogen-bond donors (Lipinski definition) is 1. The summed E-state index contributed by atoms with van der Waals surface area (Å²) in [6, 6.07) is 10.3. The maximum atomic E-state index is 13.2. The van der Waals surface area contributed by atoms with Crippen molar-refractivity contribution in [3.05, 3.63) is 60.3 Å². The fourth-order valence-electron chi connectivity index (χ4n) is 3.13. The van der Waals surface area contributed by atoms with Gasteiger partial charge in [-0.15, -0.1) is 0 Å². The smallest absolute Gasteiger partial charge is 0.250 e. The molecule has 24 heavy (non-hydrogen) atoms. The quantitative estimate of drug-likeness (QED) is 0.805. The van der Waals surface area contributed by atoms with Crippen LogP contribution in [0.15, 0.2) is 48.8 Å². The van der Waals surface area contributed by atoms with Crippen LogP contribution in [0.25, 0.3) is 17.2 Å². The van der Waals surface area contributed by atoms with Crippen LogP contribution in [0.4, 0.5) is 4.39 Å². The molecule has 0 bridgehead atoms. The highest BCUT2D eigenvalue weighted by molar-refractivity contribution is 5.60. The van der Waals surface area contributed by atoms with Crippen LogP contribution in [0.5, 0.6) is 0 Å². The maximum Gasteiger partial charge on any atom is 0.250 e. The third-order valence-electron chi connectivity index (χ3n) is 4.38. The van der Waals surface area contributed by atoms with Gasteiger partial charge in [0.25, 0.3) is 5.95 Å². The van der Waals surface area contributed by atoms with E-state index in [1.807, 2.05) is 4.68 Å². The molecule has 0 atom stereocenters. The molecule has 0 spiro atoms. The molecule has 3 heterocycles. The highest BCUT2D eigenvalue weighted by atomic mass is 19.1. The summed E-state index contributed by atoms with van der Waals surface area (Å²) in [7, 11) is 0. The van der Waals surface area contributed by atoms with Crippen LogP contribution in [-0.2, 0) is 0 Å². The van der Waals surface area contributed by atoms with Crippen molar-refractivity contribution in [3.63, 3.8) is 0 Å². The molecular formula is C18H18FN5. The summed E-state index contributed by atoms with van der Waals surface area (Å²) in [6.45, 7) is 1.99. The normalized spacial score (nSPS) is 15.5. The highest BCUT2D eigenvalue weighted by Gasteiger charge is 2.22. The number of benzene rings is 1. The van der Waals surface area contributed by atoms with Gasteiger partial charge in [0, 0.05) is 23.9 Å². The standard InChI is InChI=1S/C18H18FN5/c19-15-4-2-13(3-5-15)16-12-17(14-6-10-20-11-7-14)24(23-16)18-21-8-1-9-22-18/h1-5,8-9,12,14,20H,6-7,10-11H2. The maximum absolute atomic E-state index is 13.2. The van der Waals surface area contributed by atoms with Crippen molar-refractivity contribution < 1.29 is 4.39 Å². The van der Waals surface area contributed by atoms with E-state index in [9.17, 15) is 4.39 Å². The fourth-order valence-corrected chi connectivity index (χ4v) is 3.13. The molecule has 4 rings (SSSR count). The lowest BCUT2D eigenvalue weighted by Crippen LogP contribution is -2.27. The molecule has 0 unspecified atom stereocenters. The SMILES string of the molecule is Fc1ccc(-c2cc(C3CCNCC3)n(-c3ncccn3)n2)cc1. The van der Waals surface area contributed by atoms with Crippen molar-refractivity contribution in [2.24, 2.45) is 0 Å². The Kier molecular flexibility index (Phi) is 4.04. The average Bonchev–Trinajstić information content (AvgIpc) is 3.09. The molecule has 6 heteroatoms. The topological polar surface area (TPSA) is 55.6 Å². The van der Waals surface area contributed by atoms with Gasteiger partial charge in [0.1, 0.15) is 5.82 Å². The van der Waals surface area contributed by atoms with Crippen LogP contribution >= 0.6 is 0 Å². The Morgan fingerprint density at radius 2 is 1.75 bits per heavy atom. The minimum atomic E-state index is -0.247. The summed E-state index contributed by atoms with van der Waals surface area (Å²) in [5.74, 6) is 0.735. The number of piperidine rings is 1. The lowest BCUT2D eigenvalue weighted by molar-refractivity contribution is 0.444. The Hall–Kier alpha value is -2.60. The summed E-state index contributed by atoms with van der Waals surface area (Å²) in [6.07, 6.45) is 5.55. The molecular weight excluding hydrogens is 305 g/mol. The Labute approximate surface area is 139 Å². The first-order valence-electron chi connectivity index (χ1n) is 8.15. The second-order valence-corrected chi connectivity index (χ2v) is 5.95. The average molecular weight is 323 g/mol. The number of rotatable bonds is 3. The van der Waals surface area contributed by atoms with E-state index in [0.717, 1.165) is 42.9 Å². The van der Waals surface area contributed by atoms with E-state index in [2.05, 4.69) is 21.4 Å². The second-order valence-electron chi connectivity index (χ2n) is 5.95. The number of halogens is 1. The predicted octanol–water partition coefficient (Wildman–Crippen LogP) is 2.94. The Bertz CT molecular complexity index is 807. The summed E-state index contributed by atoms with van der Waals surface area (Å²) >= 11 is 0. The van der Waals surface area contributed by atoms with E-state index in [1.165, 1.54) is 12.1 Å². The van der Waals surface area contributed by atoms with Gasteiger partial charge in [-0.3, -0.25) is 0 Å². The van der Waals surface area contributed by atoms with Crippen LogP contribution in [0.3, 0.4) is 0 Å². The zero-order chi connectivity index (χ0) is 16.4. The van der Waals surface area contributed by atoms with Crippen LogP contribution in [-0.4, -0.2) is 32.8 Å². The van der Waals surface area contributed by atoms with Crippen molar-refractivity contribution >= 4 is 0 Å². The van der Waals surface area contributed by atoms with E-state index in [0.29, 0.717) is 11.9 Å². The van der Waals surface area contributed by atoms with Gasteiger partial charge in [0.15, 0.2) is 0 Å². The van der Waals surface area contributed by atoms with Crippen molar-refractivity contribution in [1.29, 1.82) is 0 Å². The molecule has 1 fully saturated rings. The highest BCUT2D eigenvalue weighted by Crippen LogP contribution is 2.30. The van der Waals surface area contributed by atoms with Crippen molar-refractivity contribution in [2.45, 2.75) is 18.8 Å². The number of aromatic nitrogens is 4. The first kappa shape index (κ1) is 15.0. The molecule has 1 saturated heterocycles. The molecule has 5 nitrogen and oxygen atoms in total. The number of hydrogen-bond acceptors (Lipinski definition) is 4. The monoisotopic (exact) mass is 323 g/mol. The van der Waals surface area contributed by atoms with Crippen LogP contribution in [0.2, 0.25) is 0 Å². The van der Waals surface area contributed by atoms with Gasteiger partial charge in [-0.2, -0.15) is 5.10 Å². The van der Waals surface area contributed by atoms with E-state index in [4.69, 9.17) is 5.10 Å². The fraction of sp³-hybridized carbons (Fsp3) is 0.278. The molecule has 1 aliphatic rings. The lowest BCUT2D eigenvalue weighted by Gasteiger charge is -2.22. The zero-order valence-electron chi connectivity index (χ0n) is 13.2. The summed E-state index contributed by atoms with van der Waals surface area (Å²) in [5.41, 5.74) is 2.82. The Morgan fingerprint density at radius 3 is 2.46 bits per heavy atom. The molecule has 0 aliphatic carbocycles. The molecule has 1 N–H and O–H groups in total. The summed E-state index contributed by atoms with van der Waals surface area (Å²) < 4.78 is 15.0. The van der Waals surface area contributed by atoms with E-state index < -0.39 is 0 Å². The Morgan fingerprint density at radius 1 is 1.04 bits per heavy atom. The predicted molar refractivity (Wildman–Crippen MR) is 89.4 cm³/mol. The van der Waals surface area contributed by atoms with Gasteiger partial charge < -0.3 is 5.32 Å². The number of nitrogens with one attached hydrogen (secondary N) is 1. The molecule has 0 radical (unpaired) electrons. The van der Waals surface area contributed by atoms with Gasteiger partial charge >= 0.3 is 0 Å². The number of nitrogens with zero attached hydrogens (tertiary/aromatic N) is 4. The largest absolute Gasteiger partial charge is 0.317 e. The lowest BCUT2D eigenvalue weighted by atomic mass is 9.94. The molecule has 1 aromatic carbocycles. The van der Waals surface area contributed by atoms with Crippen molar-refractivity contribution in [2.75, 3.05) is 13.1 Å². The third kappa shape index (κ3) is 2.92. The van der Waals surface area contributed by atoms with Crippen molar-refractivity contribution in [1.82, 2.24) is 25.1 Å². The van der Waals surface area contributed by atoms with Gasteiger partial charge in [-0.25, -0.2) is 19.0 Å². The first-order valence-corrected chi connectivity index (χ1v) is 8.15. The van der Waals surface area contributed by atoms with Crippen LogP contribution < -0.4 is 5.32 Å². The van der Waals surface area contributed by atoms with E-state index >= 15 is 0 Å². The molecule has 122 valence electrons. The van der Waals surface area contributed by atoms with Gasteiger partial charge in [-0.05, 0) is 62.3 Å². The molecule has 0 amide bonds. The second kappa shape index (κ2) is 6.49. The van der Waals surface area contributed by atoms with Gasteiger partial charge in [0.2, 0.25) is 0 Å². The van der Waals surface area contributed by atoms with Crippen molar-refractivity contribution in [3.8, 4) is 17.2 Å². The summed E-state index contributed by atoms with van der Waals surface area (Å²) in [4.78, 5) is 8.68. The molecule has 3 aromatic rings. The molecule has 0 saturated carbocycles. The minimum absolute atomic E-state index is 0.247. The third-order valence-corrected chi connectivity index (χ3v) is 4.38. The Balaban J connectivity index is 1.79. The van der Waals surface area contributed by atoms with E-state index in [-0.39, 0.29) is 5.82 Å². The molecule has 1 aliphatic heterocycles. The molecule has 2 aromatic heterocycles. The minimum Gasteiger partial charge on any atom is -0.317 e. The van der Waals surface area contributed by atoms with Gasteiger partial charge in [-0.1, -0.05) is 0 Å². The zero-order valence-corrected chi connectivity index (χ0v) is 13.2. The first-order chi connectivity index (χ1) is 11.8.